The van der Waals surface area contributed by atoms with Gasteiger partial charge >= 0.3 is 0 Å². The van der Waals surface area contributed by atoms with Gasteiger partial charge in [0.05, 0.1) is 22.8 Å². The number of para-hydroxylation sites is 1. The number of hydrogen-bond donors (Lipinski definition) is 2. The van der Waals surface area contributed by atoms with Crippen LogP contribution in [0.2, 0.25) is 5.02 Å². The number of rotatable bonds is 5. The van der Waals surface area contributed by atoms with Crippen LogP contribution in [0.1, 0.15) is 11.3 Å². The minimum absolute atomic E-state index is 0.122. The maximum Gasteiger partial charge on any atom is 0.255 e. The van der Waals surface area contributed by atoms with Crippen molar-refractivity contribution in [2.45, 2.75) is 13.3 Å². The lowest BCUT2D eigenvalue weighted by Gasteiger charge is -2.19. The van der Waals surface area contributed by atoms with Crippen LogP contribution in [0.25, 0.3) is 11.6 Å². The number of benzene rings is 1. The van der Waals surface area contributed by atoms with Gasteiger partial charge in [0.15, 0.2) is 11.6 Å². The monoisotopic (exact) mass is 398 g/mol. The summed E-state index contributed by atoms with van der Waals surface area (Å²) >= 11 is 6.22. The van der Waals surface area contributed by atoms with E-state index in [2.05, 4.69) is 25.3 Å². The Morgan fingerprint density at radius 3 is 2.57 bits per heavy atom. The van der Waals surface area contributed by atoms with E-state index in [1.54, 1.807) is 43.6 Å². The van der Waals surface area contributed by atoms with Crippen LogP contribution in [0.4, 0.5) is 11.4 Å². The summed E-state index contributed by atoms with van der Waals surface area (Å²) in [5, 5.41) is 3.33. The lowest BCUT2D eigenvalue weighted by molar-refractivity contribution is -0.115. The van der Waals surface area contributed by atoms with Gasteiger partial charge in [-0.25, -0.2) is 15.0 Å². The number of carbonyl (C=O) groups is 1. The van der Waals surface area contributed by atoms with Crippen molar-refractivity contribution in [3.8, 4) is 11.6 Å². The molecule has 2 heterocycles. The second-order valence-electron chi connectivity index (χ2n) is 6.31. The third-order valence-corrected chi connectivity index (χ3v) is 4.35. The van der Waals surface area contributed by atoms with Gasteiger partial charge < -0.3 is 15.2 Å². The van der Waals surface area contributed by atoms with Crippen LogP contribution in [0, 0.1) is 6.92 Å². The molecule has 0 bridgehead atoms. The molecule has 9 heteroatoms. The summed E-state index contributed by atoms with van der Waals surface area (Å²) < 4.78 is 0. The van der Waals surface area contributed by atoms with Crippen molar-refractivity contribution in [3.63, 3.8) is 0 Å². The number of nitrogens with one attached hydrogen (secondary N) is 2. The summed E-state index contributed by atoms with van der Waals surface area (Å²) in [5.41, 5.74) is 1.59. The molecule has 0 atom stereocenters. The van der Waals surface area contributed by atoms with Gasteiger partial charge in [-0.3, -0.25) is 9.59 Å². The van der Waals surface area contributed by atoms with Gasteiger partial charge in [-0.15, -0.1) is 0 Å². The third-order valence-electron chi connectivity index (χ3n) is 4.05. The van der Waals surface area contributed by atoms with Crippen LogP contribution < -0.4 is 15.8 Å². The van der Waals surface area contributed by atoms with Gasteiger partial charge in [-0.05, 0) is 25.1 Å². The van der Waals surface area contributed by atoms with Crippen molar-refractivity contribution < 1.29 is 4.79 Å². The highest BCUT2D eigenvalue weighted by molar-refractivity contribution is 6.34. The summed E-state index contributed by atoms with van der Waals surface area (Å²) in [4.78, 5) is 42.0. The molecule has 144 valence electrons. The summed E-state index contributed by atoms with van der Waals surface area (Å²) in [7, 11) is 3.67. The Hall–Kier alpha value is -3.26. The van der Waals surface area contributed by atoms with Gasteiger partial charge in [0, 0.05) is 37.7 Å². The Bertz CT molecular complexity index is 1070. The highest BCUT2D eigenvalue weighted by atomic mass is 35.5. The van der Waals surface area contributed by atoms with Crippen LogP contribution in [-0.4, -0.2) is 39.9 Å². The molecular formula is C19H19ClN6O2. The largest absolute Gasteiger partial charge is 0.375 e. The molecule has 0 fully saturated rings. The Balaban J connectivity index is 1.84. The van der Waals surface area contributed by atoms with Gasteiger partial charge in [0.25, 0.3) is 5.56 Å². The first kappa shape index (κ1) is 19.5. The number of nitrogens with zero attached hydrogens (tertiary/aromatic N) is 4. The molecule has 0 aliphatic rings. The fraction of sp³-hybridized carbons (Fsp3) is 0.211. The van der Waals surface area contributed by atoms with Crippen LogP contribution >= 0.6 is 11.6 Å². The zero-order valence-corrected chi connectivity index (χ0v) is 16.4. The minimum atomic E-state index is -0.399. The molecule has 0 saturated heterocycles. The molecule has 2 N–H and O–H groups in total. The summed E-state index contributed by atoms with van der Waals surface area (Å²) in [6, 6.07) is 6.92. The van der Waals surface area contributed by atoms with Gasteiger partial charge in [-0.1, -0.05) is 17.7 Å². The number of hydrogen-bond acceptors (Lipinski definition) is 6. The van der Waals surface area contributed by atoms with Crippen molar-refractivity contribution in [1.29, 1.82) is 0 Å². The number of amides is 1. The molecule has 0 aliphatic heterocycles. The van der Waals surface area contributed by atoms with E-state index in [4.69, 9.17) is 11.6 Å². The Morgan fingerprint density at radius 2 is 1.93 bits per heavy atom. The fourth-order valence-electron chi connectivity index (χ4n) is 2.77. The molecule has 0 spiro atoms. The Morgan fingerprint density at radius 1 is 1.21 bits per heavy atom. The molecule has 8 nitrogen and oxygen atoms in total. The van der Waals surface area contributed by atoms with Gasteiger partial charge in [-0.2, -0.15) is 0 Å². The maximum atomic E-state index is 12.5. The lowest BCUT2D eigenvalue weighted by Crippen LogP contribution is -2.25. The molecule has 0 radical (unpaired) electrons. The molecule has 0 aliphatic carbocycles. The number of anilines is 2. The molecule has 0 unspecified atom stereocenters. The molecule has 28 heavy (non-hydrogen) atoms. The molecule has 3 rings (SSSR count). The molecule has 0 saturated carbocycles. The van der Waals surface area contributed by atoms with Crippen molar-refractivity contribution >= 4 is 28.9 Å². The first-order valence-electron chi connectivity index (χ1n) is 8.49. The highest BCUT2D eigenvalue weighted by Crippen LogP contribution is 2.32. The minimum Gasteiger partial charge on any atom is -0.375 e. The van der Waals surface area contributed by atoms with Crippen LogP contribution in [0.15, 0.2) is 41.5 Å². The van der Waals surface area contributed by atoms with E-state index in [9.17, 15) is 9.59 Å². The fourth-order valence-corrected chi connectivity index (χ4v) is 3.12. The predicted octanol–water partition coefficient (Wildman–Crippen LogP) is 2.44. The van der Waals surface area contributed by atoms with E-state index < -0.39 is 5.56 Å². The molecule has 1 amide bonds. The van der Waals surface area contributed by atoms with Crippen molar-refractivity contribution in [3.05, 3.63) is 63.3 Å². The smallest absolute Gasteiger partial charge is 0.255 e. The van der Waals surface area contributed by atoms with Gasteiger partial charge in [0.2, 0.25) is 5.91 Å². The van der Waals surface area contributed by atoms with Crippen LogP contribution in [0.5, 0.6) is 0 Å². The predicted molar refractivity (Wildman–Crippen MR) is 109 cm³/mol. The second-order valence-corrected chi connectivity index (χ2v) is 6.71. The number of aromatic amines is 1. The molecular weight excluding hydrogens is 380 g/mol. The van der Waals surface area contributed by atoms with E-state index in [1.807, 2.05) is 19.0 Å². The van der Waals surface area contributed by atoms with Crippen LogP contribution in [0.3, 0.4) is 0 Å². The normalized spacial score (nSPS) is 10.6. The average Bonchev–Trinajstić information content (AvgIpc) is 2.65. The molecule has 1 aromatic carbocycles. The molecule has 2 aromatic heterocycles. The number of H-pyrrole nitrogens is 1. The SMILES string of the molecule is Cc1nc(-c2ncccn2)[nH]c(=O)c1CC(=O)Nc1cccc(Cl)c1N(C)C. The second kappa shape index (κ2) is 8.18. The first-order chi connectivity index (χ1) is 13.4. The summed E-state index contributed by atoms with van der Waals surface area (Å²) in [5.74, 6) is 0.231. The van der Waals surface area contributed by atoms with Crippen LogP contribution in [-0.2, 0) is 11.2 Å². The standard InChI is InChI=1S/C19H19ClN6O2/c1-11-12(19(28)25-18(23-11)17-21-8-5-9-22-17)10-15(27)24-14-7-4-6-13(20)16(14)26(2)3/h4-9H,10H2,1-3H3,(H,24,27)(H,23,25,28). The summed E-state index contributed by atoms with van der Waals surface area (Å²) in [6.07, 6.45) is 3.00. The van der Waals surface area contributed by atoms with E-state index in [0.717, 1.165) is 0 Å². The quantitative estimate of drug-likeness (QED) is 0.684. The maximum absolute atomic E-state index is 12.5. The van der Waals surface area contributed by atoms with Gasteiger partial charge in [0.1, 0.15) is 0 Å². The van der Waals surface area contributed by atoms with Crippen molar-refractivity contribution in [1.82, 2.24) is 19.9 Å². The molecule has 3 aromatic rings. The highest BCUT2D eigenvalue weighted by Gasteiger charge is 2.16. The summed E-state index contributed by atoms with van der Waals surface area (Å²) in [6.45, 7) is 1.68. The van der Waals surface area contributed by atoms with E-state index in [1.165, 1.54) is 0 Å². The van der Waals surface area contributed by atoms with Crippen molar-refractivity contribution in [2.75, 3.05) is 24.3 Å². The topological polar surface area (TPSA) is 104 Å². The third kappa shape index (κ3) is 4.17. The van der Waals surface area contributed by atoms with E-state index in [-0.39, 0.29) is 23.7 Å². The number of halogens is 1. The zero-order chi connectivity index (χ0) is 20.3. The number of aryl methyl sites for hydroxylation is 1. The van der Waals surface area contributed by atoms with Crippen molar-refractivity contribution in [2.24, 2.45) is 0 Å². The van der Waals surface area contributed by atoms with E-state index >= 15 is 0 Å². The lowest BCUT2D eigenvalue weighted by atomic mass is 10.1. The van der Waals surface area contributed by atoms with E-state index in [0.29, 0.717) is 27.9 Å². The first-order valence-corrected chi connectivity index (χ1v) is 8.87. The Labute approximate surface area is 166 Å². The average molecular weight is 399 g/mol. The number of carbonyl (C=O) groups excluding carboxylic acids is 1. The zero-order valence-electron chi connectivity index (χ0n) is 15.7. The number of aromatic nitrogens is 4. The Kier molecular flexibility index (Phi) is 5.70.